The van der Waals surface area contributed by atoms with Crippen LogP contribution in [-0.4, -0.2) is 31.1 Å². The molecule has 1 unspecified atom stereocenters. The maximum Gasteiger partial charge on any atom is 0.120 e. The molecule has 1 fully saturated rings. The molecule has 1 aliphatic heterocycles. The Balaban J connectivity index is 1.50. The third kappa shape index (κ3) is 5.06. The quantitative estimate of drug-likeness (QED) is 0.843. The van der Waals surface area contributed by atoms with Crippen LogP contribution in [0.2, 0.25) is 0 Å². The monoisotopic (exact) mass is 335 g/mol. The Morgan fingerprint density at radius 3 is 2.84 bits per heavy atom. The maximum atomic E-state index is 8.96. The highest BCUT2D eigenvalue weighted by Crippen LogP contribution is 2.17. The molecule has 1 heterocycles. The number of hydrogen-bond donors (Lipinski definition) is 1. The molecule has 0 spiro atoms. The fourth-order valence-corrected chi connectivity index (χ4v) is 3.26. The van der Waals surface area contributed by atoms with Crippen LogP contribution in [0, 0.1) is 11.3 Å². The Morgan fingerprint density at radius 1 is 1.20 bits per heavy atom. The number of likely N-dealkylation sites (N-methyl/N-ethyl adjacent to an activating group) is 1. The minimum atomic E-state index is 0.471. The molecule has 1 aliphatic rings. The van der Waals surface area contributed by atoms with E-state index in [0.29, 0.717) is 18.2 Å². The molecular weight excluding hydrogens is 310 g/mol. The molecule has 0 aliphatic carbocycles. The predicted octanol–water partition coefficient (Wildman–Crippen LogP) is 3.32. The summed E-state index contributed by atoms with van der Waals surface area (Å²) in [7, 11) is 2.20. The minimum absolute atomic E-state index is 0.471. The Hall–Kier alpha value is -2.35. The summed E-state index contributed by atoms with van der Waals surface area (Å²) in [5.74, 6) is 0.861. The van der Waals surface area contributed by atoms with Gasteiger partial charge in [-0.2, -0.15) is 5.26 Å². The van der Waals surface area contributed by atoms with E-state index in [1.807, 2.05) is 30.3 Å². The standard InChI is InChI=1S/C21H25N3O/c1-24-10-4-8-20(24)15-23-14-18-6-3-9-21(12-18)25-16-19-7-2-5-17(11-19)13-22/h2-3,5-7,9,11-12,20,23H,4,8,10,14-16H2,1H3. The second-order valence-corrected chi connectivity index (χ2v) is 6.66. The van der Waals surface area contributed by atoms with Gasteiger partial charge in [-0.1, -0.05) is 24.3 Å². The van der Waals surface area contributed by atoms with E-state index in [0.717, 1.165) is 24.4 Å². The summed E-state index contributed by atoms with van der Waals surface area (Å²) in [6, 6.07) is 18.6. The average Bonchev–Trinajstić information content (AvgIpc) is 3.05. The van der Waals surface area contributed by atoms with Gasteiger partial charge >= 0.3 is 0 Å². The van der Waals surface area contributed by atoms with Crippen molar-refractivity contribution in [2.75, 3.05) is 20.1 Å². The van der Waals surface area contributed by atoms with Crippen LogP contribution in [0.3, 0.4) is 0 Å². The molecule has 2 aromatic rings. The molecule has 2 aromatic carbocycles. The van der Waals surface area contributed by atoms with E-state index in [4.69, 9.17) is 10.00 Å². The van der Waals surface area contributed by atoms with Crippen molar-refractivity contribution < 1.29 is 4.74 Å². The molecule has 1 saturated heterocycles. The Bertz CT molecular complexity index is 738. The van der Waals surface area contributed by atoms with Gasteiger partial charge in [0.1, 0.15) is 12.4 Å². The van der Waals surface area contributed by atoms with Crippen molar-refractivity contribution in [3.8, 4) is 11.8 Å². The first-order chi connectivity index (χ1) is 12.2. The smallest absolute Gasteiger partial charge is 0.120 e. The van der Waals surface area contributed by atoms with E-state index in [9.17, 15) is 0 Å². The Labute approximate surface area is 150 Å². The maximum absolute atomic E-state index is 8.96. The van der Waals surface area contributed by atoms with Crippen molar-refractivity contribution in [1.82, 2.24) is 10.2 Å². The molecule has 130 valence electrons. The number of likely N-dealkylation sites (tertiary alicyclic amines) is 1. The third-order valence-corrected chi connectivity index (χ3v) is 4.74. The molecule has 1 atom stereocenters. The molecular formula is C21H25N3O. The van der Waals surface area contributed by atoms with E-state index in [-0.39, 0.29) is 0 Å². The zero-order valence-corrected chi connectivity index (χ0v) is 14.7. The van der Waals surface area contributed by atoms with E-state index in [1.54, 1.807) is 6.07 Å². The average molecular weight is 335 g/mol. The lowest BCUT2D eigenvalue weighted by molar-refractivity contribution is 0.299. The Morgan fingerprint density at radius 2 is 2.04 bits per heavy atom. The van der Waals surface area contributed by atoms with Gasteiger partial charge in [0.05, 0.1) is 11.6 Å². The second kappa shape index (κ2) is 8.66. The van der Waals surface area contributed by atoms with Gasteiger partial charge in [-0.3, -0.25) is 0 Å². The van der Waals surface area contributed by atoms with Crippen LogP contribution in [-0.2, 0) is 13.2 Å². The minimum Gasteiger partial charge on any atom is -0.489 e. The summed E-state index contributed by atoms with van der Waals surface area (Å²) in [4.78, 5) is 2.43. The van der Waals surface area contributed by atoms with Crippen molar-refractivity contribution in [2.24, 2.45) is 0 Å². The molecule has 0 aromatic heterocycles. The van der Waals surface area contributed by atoms with Crippen molar-refractivity contribution in [3.05, 3.63) is 65.2 Å². The van der Waals surface area contributed by atoms with Crippen LogP contribution in [0.25, 0.3) is 0 Å². The Kier molecular flexibility index (Phi) is 6.05. The van der Waals surface area contributed by atoms with Gasteiger partial charge in [0.15, 0.2) is 0 Å². The summed E-state index contributed by atoms with van der Waals surface area (Å²) in [6.07, 6.45) is 2.59. The van der Waals surface area contributed by atoms with Crippen LogP contribution in [0.4, 0.5) is 0 Å². The van der Waals surface area contributed by atoms with Crippen LogP contribution >= 0.6 is 0 Å². The predicted molar refractivity (Wildman–Crippen MR) is 99.3 cm³/mol. The van der Waals surface area contributed by atoms with Crippen LogP contribution in [0.1, 0.15) is 29.5 Å². The fraction of sp³-hybridized carbons (Fsp3) is 0.381. The lowest BCUT2D eigenvalue weighted by atomic mass is 10.1. The van der Waals surface area contributed by atoms with Gasteiger partial charge < -0.3 is 15.0 Å². The molecule has 4 heteroatoms. The number of nitrogens with zero attached hydrogens (tertiary/aromatic N) is 2. The zero-order valence-electron chi connectivity index (χ0n) is 14.7. The highest BCUT2D eigenvalue weighted by molar-refractivity contribution is 5.33. The number of nitrogens with one attached hydrogen (secondary N) is 1. The summed E-state index contributed by atoms with van der Waals surface area (Å²) >= 11 is 0. The number of nitriles is 1. The summed E-state index contributed by atoms with van der Waals surface area (Å²) in [5, 5.41) is 12.5. The molecule has 25 heavy (non-hydrogen) atoms. The van der Waals surface area contributed by atoms with E-state index in [1.165, 1.54) is 24.9 Å². The second-order valence-electron chi connectivity index (χ2n) is 6.66. The summed E-state index contributed by atoms with van der Waals surface area (Å²) in [6.45, 7) is 3.57. The molecule has 1 N–H and O–H groups in total. The first kappa shape index (κ1) is 17.5. The molecule has 4 nitrogen and oxygen atoms in total. The van der Waals surface area contributed by atoms with E-state index in [2.05, 4.69) is 35.5 Å². The molecule has 3 rings (SSSR count). The topological polar surface area (TPSA) is 48.3 Å². The van der Waals surface area contributed by atoms with E-state index >= 15 is 0 Å². The highest BCUT2D eigenvalue weighted by Gasteiger charge is 2.19. The first-order valence-corrected chi connectivity index (χ1v) is 8.86. The van der Waals surface area contributed by atoms with Gasteiger partial charge in [-0.05, 0) is 61.8 Å². The lowest BCUT2D eigenvalue weighted by Crippen LogP contribution is -2.35. The number of hydrogen-bond acceptors (Lipinski definition) is 4. The molecule has 0 saturated carbocycles. The lowest BCUT2D eigenvalue weighted by Gasteiger charge is -2.19. The van der Waals surface area contributed by atoms with Gasteiger partial charge in [-0.25, -0.2) is 0 Å². The van der Waals surface area contributed by atoms with Crippen molar-refractivity contribution in [3.63, 3.8) is 0 Å². The van der Waals surface area contributed by atoms with Gasteiger partial charge in [0.25, 0.3) is 0 Å². The first-order valence-electron chi connectivity index (χ1n) is 8.86. The van der Waals surface area contributed by atoms with Gasteiger partial charge in [0.2, 0.25) is 0 Å². The molecule has 0 bridgehead atoms. The van der Waals surface area contributed by atoms with Gasteiger partial charge in [0, 0.05) is 19.1 Å². The number of benzene rings is 2. The van der Waals surface area contributed by atoms with E-state index < -0.39 is 0 Å². The number of ether oxygens (including phenoxy) is 1. The van der Waals surface area contributed by atoms with Crippen LogP contribution < -0.4 is 10.1 Å². The fourth-order valence-electron chi connectivity index (χ4n) is 3.26. The van der Waals surface area contributed by atoms with Crippen LogP contribution in [0.15, 0.2) is 48.5 Å². The van der Waals surface area contributed by atoms with Crippen molar-refractivity contribution >= 4 is 0 Å². The number of rotatable bonds is 7. The highest BCUT2D eigenvalue weighted by atomic mass is 16.5. The summed E-state index contributed by atoms with van der Waals surface area (Å²) < 4.78 is 5.88. The molecule has 0 radical (unpaired) electrons. The van der Waals surface area contributed by atoms with Gasteiger partial charge in [-0.15, -0.1) is 0 Å². The van der Waals surface area contributed by atoms with Crippen molar-refractivity contribution in [1.29, 1.82) is 5.26 Å². The SMILES string of the molecule is CN1CCCC1CNCc1cccc(OCc2cccc(C#N)c2)c1. The zero-order chi connectivity index (χ0) is 17.5. The normalized spacial score (nSPS) is 17.4. The molecule has 0 amide bonds. The third-order valence-electron chi connectivity index (χ3n) is 4.74. The summed E-state index contributed by atoms with van der Waals surface area (Å²) in [5.41, 5.74) is 2.90. The van der Waals surface area contributed by atoms with Crippen LogP contribution in [0.5, 0.6) is 5.75 Å². The van der Waals surface area contributed by atoms with Crippen molar-refractivity contribution in [2.45, 2.75) is 32.0 Å². The largest absolute Gasteiger partial charge is 0.489 e.